The number of oxazole rings is 1. The van der Waals surface area contributed by atoms with Crippen LogP contribution in [0.15, 0.2) is 10.8 Å². The molecule has 1 aromatic heterocycles. The molecule has 0 spiro atoms. The van der Waals surface area contributed by atoms with E-state index in [2.05, 4.69) is 40.1 Å². The fourth-order valence-electron chi connectivity index (χ4n) is 0.967. The maximum absolute atomic E-state index is 11.6. The second kappa shape index (κ2) is 4.79. The van der Waals surface area contributed by atoms with E-state index in [1.165, 1.54) is 6.39 Å². The van der Waals surface area contributed by atoms with Gasteiger partial charge in [0, 0.05) is 11.9 Å². The summed E-state index contributed by atoms with van der Waals surface area (Å²) in [6, 6.07) is 0. The van der Waals surface area contributed by atoms with Crippen molar-refractivity contribution in [3.63, 3.8) is 0 Å². The Labute approximate surface area is 97.6 Å². The molecule has 0 aliphatic carbocycles. The molecule has 0 radical (unpaired) electrons. The summed E-state index contributed by atoms with van der Waals surface area (Å²) in [5.41, 5.74) is 0.646. The van der Waals surface area contributed by atoms with E-state index in [9.17, 15) is 4.79 Å². The van der Waals surface area contributed by atoms with Crippen molar-refractivity contribution in [1.82, 2.24) is 10.3 Å². The number of nitrogens with zero attached hydrogens (tertiary/aromatic N) is 1. The Morgan fingerprint density at radius 1 is 1.67 bits per heavy atom. The third kappa shape index (κ3) is 3.34. The summed E-state index contributed by atoms with van der Waals surface area (Å²) in [6.07, 6.45) is 1.28. The summed E-state index contributed by atoms with van der Waals surface area (Å²) in [7, 11) is 0. The van der Waals surface area contributed by atoms with Crippen molar-refractivity contribution in [3.8, 4) is 0 Å². The predicted octanol–water partition coefficient (Wildman–Crippen LogP) is 2.13. The van der Waals surface area contributed by atoms with Gasteiger partial charge in [-0.05, 0) is 12.3 Å². The van der Waals surface area contributed by atoms with Crippen molar-refractivity contribution < 1.29 is 9.21 Å². The molecule has 1 rings (SSSR count). The smallest absolute Gasteiger partial charge is 0.289 e. The van der Waals surface area contributed by atoms with Crippen LogP contribution in [0.3, 0.4) is 0 Å². The standard InChI is InChI=1S/C10H15BrN2O2/c1-7-8(15-6-13-7)9(14)12-5-10(2,3)4-11/h6H,4-5H2,1-3H3,(H,12,14). The van der Waals surface area contributed by atoms with Gasteiger partial charge >= 0.3 is 0 Å². The van der Waals surface area contributed by atoms with Crippen molar-refractivity contribution >= 4 is 21.8 Å². The first kappa shape index (κ1) is 12.2. The Morgan fingerprint density at radius 3 is 2.80 bits per heavy atom. The number of alkyl halides is 1. The number of hydrogen-bond acceptors (Lipinski definition) is 3. The number of halogens is 1. The fourth-order valence-corrected chi connectivity index (χ4v) is 1.17. The van der Waals surface area contributed by atoms with Crippen LogP contribution in [0.25, 0.3) is 0 Å². The highest BCUT2D eigenvalue weighted by Gasteiger charge is 2.19. The maximum atomic E-state index is 11.6. The van der Waals surface area contributed by atoms with Crippen LogP contribution < -0.4 is 5.32 Å². The van der Waals surface area contributed by atoms with E-state index >= 15 is 0 Å². The average Bonchev–Trinajstić information content (AvgIpc) is 2.61. The maximum Gasteiger partial charge on any atom is 0.289 e. The number of carbonyl (C=O) groups excluding carboxylic acids is 1. The molecule has 84 valence electrons. The summed E-state index contributed by atoms with van der Waals surface area (Å²) in [4.78, 5) is 15.5. The van der Waals surface area contributed by atoms with Gasteiger partial charge < -0.3 is 9.73 Å². The summed E-state index contributed by atoms with van der Waals surface area (Å²) >= 11 is 3.40. The van der Waals surface area contributed by atoms with E-state index in [1.807, 2.05) is 0 Å². The molecule has 0 saturated heterocycles. The van der Waals surface area contributed by atoms with Crippen LogP contribution in [0.1, 0.15) is 30.1 Å². The van der Waals surface area contributed by atoms with Crippen molar-refractivity contribution in [2.45, 2.75) is 20.8 Å². The Morgan fingerprint density at radius 2 is 2.33 bits per heavy atom. The number of nitrogens with one attached hydrogen (secondary N) is 1. The van der Waals surface area contributed by atoms with Crippen LogP contribution in [0.5, 0.6) is 0 Å². The molecule has 1 heterocycles. The molecule has 0 unspecified atom stereocenters. The zero-order valence-corrected chi connectivity index (χ0v) is 10.7. The van der Waals surface area contributed by atoms with Gasteiger partial charge in [0.15, 0.2) is 6.39 Å². The highest BCUT2D eigenvalue weighted by Crippen LogP contribution is 2.16. The third-order valence-corrected chi connectivity index (χ3v) is 3.56. The molecule has 0 saturated carbocycles. The number of rotatable bonds is 4. The fraction of sp³-hybridized carbons (Fsp3) is 0.600. The zero-order valence-electron chi connectivity index (χ0n) is 9.13. The molecular weight excluding hydrogens is 260 g/mol. The van der Waals surface area contributed by atoms with Crippen LogP contribution >= 0.6 is 15.9 Å². The highest BCUT2D eigenvalue weighted by molar-refractivity contribution is 9.09. The van der Waals surface area contributed by atoms with Gasteiger partial charge in [-0.15, -0.1) is 0 Å². The van der Waals surface area contributed by atoms with Crippen molar-refractivity contribution in [3.05, 3.63) is 17.8 Å². The van der Waals surface area contributed by atoms with Crippen LogP contribution in [0.2, 0.25) is 0 Å². The van der Waals surface area contributed by atoms with Gasteiger partial charge in [0.2, 0.25) is 5.76 Å². The van der Waals surface area contributed by atoms with E-state index < -0.39 is 0 Å². The molecule has 5 heteroatoms. The molecule has 15 heavy (non-hydrogen) atoms. The van der Waals surface area contributed by atoms with E-state index in [0.29, 0.717) is 18.0 Å². The number of amides is 1. The lowest BCUT2D eigenvalue weighted by atomic mass is 9.97. The summed E-state index contributed by atoms with van der Waals surface area (Å²) < 4.78 is 4.99. The Kier molecular flexibility index (Phi) is 3.90. The lowest BCUT2D eigenvalue weighted by molar-refractivity contribution is 0.0911. The summed E-state index contributed by atoms with van der Waals surface area (Å²) in [5.74, 6) is 0.0828. The number of hydrogen-bond donors (Lipinski definition) is 1. The van der Waals surface area contributed by atoms with E-state index in [1.54, 1.807) is 6.92 Å². The Hall–Kier alpha value is -0.840. The lowest BCUT2D eigenvalue weighted by Crippen LogP contribution is -2.35. The van der Waals surface area contributed by atoms with Crippen molar-refractivity contribution in [2.75, 3.05) is 11.9 Å². The first-order chi connectivity index (χ1) is 6.96. The molecule has 0 bridgehead atoms. The predicted molar refractivity (Wildman–Crippen MR) is 61.1 cm³/mol. The van der Waals surface area contributed by atoms with Gasteiger partial charge in [-0.1, -0.05) is 29.8 Å². The van der Waals surface area contributed by atoms with Gasteiger partial charge in [0.25, 0.3) is 5.91 Å². The van der Waals surface area contributed by atoms with Gasteiger partial charge in [-0.25, -0.2) is 4.98 Å². The minimum absolute atomic E-state index is 0.0313. The Bertz CT molecular complexity index is 347. The van der Waals surface area contributed by atoms with Crippen LogP contribution in [0.4, 0.5) is 0 Å². The van der Waals surface area contributed by atoms with E-state index in [0.717, 1.165) is 5.33 Å². The second-order valence-corrected chi connectivity index (χ2v) is 4.81. The SMILES string of the molecule is Cc1ncoc1C(=O)NCC(C)(C)CBr. The number of carbonyl (C=O) groups is 1. The third-order valence-electron chi connectivity index (χ3n) is 2.04. The van der Waals surface area contributed by atoms with Gasteiger partial charge in [0.05, 0.1) is 5.69 Å². The summed E-state index contributed by atoms with van der Waals surface area (Å²) in [6.45, 7) is 6.47. The molecule has 1 N–H and O–H groups in total. The largest absolute Gasteiger partial charge is 0.438 e. The van der Waals surface area contributed by atoms with Crippen LogP contribution in [-0.4, -0.2) is 22.8 Å². The minimum atomic E-state index is -0.209. The molecular formula is C10H15BrN2O2. The lowest BCUT2D eigenvalue weighted by Gasteiger charge is -2.21. The summed E-state index contributed by atoms with van der Waals surface area (Å²) in [5, 5.41) is 3.64. The van der Waals surface area contributed by atoms with Gasteiger partial charge in [-0.2, -0.15) is 0 Å². The number of aromatic nitrogens is 1. The molecule has 1 amide bonds. The van der Waals surface area contributed by atoms with E-state index in [-0.39, 0.29) is 11.3 Å². The molecule has 0 atom stereocenters. The minimum Gasteiger partial charge on any atom is -0.438 e. The Balaban J connectivity index is 2.55. The quantitative estimate of drug-likeness (QED) is 0.856. The average molecular weight is 275 g/mol. The first-order valence-corrected chi connectivity index (χ1v) is 5.83. The topological polar surface area (TPSA) is 55.1 Å². The van der Waals surface area contributed by atoms with Gasteiger partial charge in [0.1, 0.15) is 0 Å². The van der Waals surface area contributed by atoms with Crippen molar-refractivity contribution in [1.29, 1.82) is 0 Å². The molecule has 0 aliphatic heterocycles. The molecule has 0 aliphatic rings. The molecule has 4 nitrogen and oxygen atoms in total. The highest BCUT2D eigenvalue weighted by atomic mass is 79.9. The van der Waals surface area contributed by atoms with Crippen molar-refractivity contribution in [2.24, 2.45) is 5.41 Å². The molecule has 1 aromatic rings. The zero-order chi connectivity index (χ0) is 11.5. The second-order valence-electron chi connectivity index (χ2n) is 4.25. The van der Waals surface area contributed by atoms with Crippen LogP contribution in [-0.2, 0) is 0 Å². The number of aryl methyl sites for hydroxylation is 1. The molecule has 0 fully saturated rings. The van der Waals surface area contributed by atoms with E-state index in [4.69, 9.17) is 4.42 Å². The van der Waals surface area contributed by atoms with Gasteiger partial charge in [-0.3, -0.25) is 4.79 Å². The van der Waals surface area contributed by atoms with Crippen LogP contribution in [0, 0.1) is 12.3 Å². The monoisotopic (exact) mass is 274 g/mol. The first-order valence-electron chi connectivity index (χ1n) is 4.70. The normalized spacial score (nSPS) is 11.5. The molecule has 0 aromatic carbocycles.